The third kappa shape index (κ3) is 3.06. The molecule has 0 bridgehead atoms. The van der Waals surface area contributed by atoms with Gasteiger partial charge in [0.15, 0.2) is 0 Å². The third-order valence-electron chi connectivity index (χ3n) is 3.04. The molecule has 0 amide bonds. The van der Waals surface area contributed by atoms with Crippen molar-refractivity contribution >= 4 is 0 Å². The zero-order chi connectivity index (χ0) is 12.3. The highest BCUT2D eigenvalue weighted by Crippen LogP contribution is 2.22. The van der Waals surface area contributed by atoms with Crippen LogP contribution in [-0.4, -0.2) is 11.2 Å². The summed E-state index contributed by atoms with van der Waals surface area (Å²) < 4.78 is 0. The Morgan fingerprint density at radius 3 is 1.75 bits per heavy atom. The van der Waals surface area contributed by atoms with Crippen molar-refractivity contribution in [3.05, 3.63) is 35.4 Å². The first-order chi connectivity index (χ1) is 7.43. The highest BCUT2D eigenvalue weighted by Gasteiger charge is 2.19. The normalized spacial score (nSPS) is 15.5. The van der Waals surface area contributed by atoms with Gasteiger partial charge in [-0.1, -0.05) is 52.0 Å². The molecule has 0 aromatic heterocycles. The highest BCUT2D eigenvalue weighted by molar-refractivity contribution is 5.27. The van der Waals surface area contributed by atoms with Crippen molar-refractivity contribution in [2.24, 2.45) is 11.7 Å². The molecule has 0 fully saturated rings. The zero-order valence-corrected chi connectivity index (χ0v) is 10.6. The molecule has 0 aliphatic carbocycles. The van der Waals surface area contributed by atoms with Gasteiger partial charge in [0.05, 0.1) is 12.1 Å². The fraction of sp³-hybridized carbons (Fsp3) is 0.571. The molecule has 0 radical (unpaired) electrons. The van der Waals surface area contributed by atoms with E-state index in [2.05, 4.69) is 26.0 Å². The van der Waals surface area contributed by atoms with Gasteiger partial charge >= 0.3 is 0 Å². The van der Waals surface area contributed by atoms with Gasteiger partial charge in [-0.15, -0.1) is 0 Å². The van der Waals surface area contributed by atoms with Crippen LogP contribution in [0.3, 0.4) is 0 Å². The fourth-order valence-corrected chi connectivity index (χ4v) is 1.71. The summed E-state index contributed by atoms with van der Waals surface area (Å²) in [6, 6.07) is 7.93. The zero-order valence-electron chi connectivity index (χ0n) is 10.6. The van der Waals surface area contributed by atoms with Crippen LogP contribution in [0.2, 0.25) is 0 Å². The van der Waals surface area contributed by atoms with Gasteiger partial charge in [0.25, 0.3) is 0 Å². The Morgan fingerprint density at radius 1 is 0.938 bits per heavy atom. The topological polar surface area (TPSA) is 46.2 Å². The van der Waals surface area contributed by atoms with Gasteiger partial charge < -0.3 is 10.8 Å². The molecule has 0 aliphatic heterocycles. The molecule has 2 nitrogen and oxygen atoms in total. The molecular formula is C14H23NO. The van der Waals surface area contributed by atoms with E-state index in [0.29, 0.717) is 5.92 Å². The largest absolute Gasteiger partial charge is 0.391 e. The van der Waals surface area contributed by atoms with Crippen molar-refractivity contribution < 1.29 is 5.11 Å². The fourth-order valence-electron chi connectivity index (χ4n) is 1.71. The van der Waals surface area contributed by atoms with E-state index in [1.165, 1.54) is 5.56 Å². The molecule has 0 unspecified atom stereocenters. The van der Waals surface area contributed by atoms with Gasteiger partial charge in [-0.05, 0) is 23.0 Å². The lowest BCUT2D eigenvalue weighted by Gasteiger charge is -2.22. The maximum absolute atomic E-state index is 9.90. The smallest absolute Gasteiger partial charge is 0.0755 e. The van der Waals surface area contributed by atoms with Gasteiger partial charge in [0.1, 0.15) is 0 Å². The Labute approximate surface area is 98.5 Å². The summed E-state index contributed by atoms with van der Waals surface area (Å²) >= 11 is 0. The molecule has 0 heterocycles. The molecule has 0 saturated carbocycles. The van der Waals surface area contributed by atoms with Gasteiger partial charge in [0.2, 0.25) is 0 Å². The molecule has 16 heavy (non-hydrogen) atoms. The van der Waals surface area contributed by atoms with Crippen LogP contribution in [0.15, 0.2) is 24.3 Å². The van der Waals surface area contributed by atoms with E-state index in [-0.39, 0.29) is 12.0 Å². The molecule has 0 aliphatic rings. The molecule has 0 saturated heterocycles. The maximum atomic E-state index is 9.90. The standard InChI is InChI=1S/C14H23NO/c1-9(2)11-5-7-12(8-6-11)13(15)14(16)10(3)4/h5-10,13-14,16H,15H2,1-4H3/t13-,14+/m0/s1. The first kappa shape index (κ1) is 13.2. The number of aliphatic hydroxyl groups excluding tert-OH is 1. The van der Waals surface area contributed by atoms with Crippen LogP contribution in [0.25, 0.3) is 0 Å². The summed E-state index contributed by atoms with van der Waals surface area (Å²) in [5.74, 6) is 0.708. The first-order valence-electron chi connectivity index (χ1n) is 5.97. The van der Waals surface area contributed by atoms with E-state index >= 15 is 0 Å². The van der Waals surface area contributed by atoms with Gasteiger partial charge in [-0.25, -0.2) is 0 Å². The van der Waals surface area contributed by atoms with Crippen molar-refractivity contribution in [1.29, 1.82) is 0 Å². The van der Waals surface area contributed by atoms with Crippen molar-refractivity contribution in [3.8, 4) is 0 Å². The van der Waals surface area contributed by atoms with Crippen LogP contribution in [0.4, 0.5) is 0 Å². The van der Waals surface area contributed by atoms with Gasteiger partial charge in [-0.2, -0.15) is 0 Å². The molecule has 0 spiro atoms. The van der Waals surface area contributed by atoms with E-state index in [1.54, 1.807) is 0 Å². The Morgan fingerprint density at radius 2 is 1.38 bits per heavy atom. The van der Waals surface area contributed by atoms with Crippen LogP contribution >= 0.6 is 0 Å². The Kier molecular flexibility index (Phi) is 4.51. The molecule has 1 aromatic carbocycles. The number of nitrogens with two attached hydrogens (primary N) is 1. The average molecular weight is 221 g/mol. The number of aliphatic hydroxyl groups is 1. The Hall–Kier alpha value is -0.860. The molecule has 2 heteroatoms. The molecular weight excluding hydrogens is 198 g/mol. The van der Waals surface area contributed by atoms with Crippen LogP contribution in [0.5, 0.6) is 0 Å². The first-order valence-corrected chi connectivity index (χ1v) is 5.97. The third-order valence-corrected chi connectivity index (χ3v) is 3.04. The highest BCUT2D eigenvalue weighted by atomic mass is 16.3. The maximum Gasteiger partial charge on any atom is 0.0755 e. The average Bonchev–Trinajstić information content (AvgIpc) is 2.27. The van der Waals surface area contributed by atoms with Crippen molar-refractivity contribution in [2.75, 3.05) is 0 Å². The summed E-state index contributed by atoms with van der Waals surface area (Å²) in [6.07, 6.45) is -0.482. The molecule has 1 rings (SSSR count). The Bertz CT molecular complexity index is 316. The van der Waals surface area contributed by atoms with E-state index in [0.717, 1.165) is 5.56 Å². The van der Waals surface area contributed by atoms with E-state index < -0.39 is 6.10 Å². The second-order valence-corrected chi connectivity index (χ2v) is 5.08. The number of rotatable bonds is 4. The monoisotopic (exact) mass is 221 g/mol. The lowest BCUT2D eigenvalue weighted by Crippen LogP contribution is -2.30. The van der Waals surface area contributed by atoms with Crippen molar-refractivity contribution in [1.82, 2.24) is 0 Å². The minimum absolute atomic E-state index is 0.180. The summed E-state index contributed by atoms with van der Waals surface area (Å²) in [5, 5.41) is 9.90. The molecule has 3 N–H and O–H groups in total. The number of hydrogen-bond donors (Lipinski definition) is 2. The minimum atomic E-state index is -0.482. The summed E-state index contributed by atoms with van der Waals surface area (Å²) in [7, 11) is 0. The quantitative estimate of drug-likeness (QED) is 0.821. The van der Waals surface area contributed by atoms with E-state index in [1.807, 2.05) is 26.0 Å². The number of benzene rings is 1. The van der Waals surface area contributed by atoms with Crippen LogP contribution in [0.1, 0.15) is 50.8 Å². The lowest BCUT2D eigenvalue weighted by molar-refractivity contribution is 0.0979. The summed E-state index contributed by atoms with van der Waals surface area (Å²) in [6.45, 7) is 8.29. The van der Waals surface area contributed by atoms with Gasteiger partial charge in [-0.3, -0.25) is 0 Å². The second kappa shape index (κ2) is 5.46. The molecule has 2 atom stereocenters. The van der Waals surface area contributed by atoms with Crippen molar-refractivity contribution in [2.45, 2.75) is 45.8 Å². The number of hydrogen-bond acceptors (Lipinski definition) is 2. The van der Waals surface area contributed by atoms with Crippen molar-refractivity contribution in [3.63, 3.8) is 0 Å². The van der Waals surface area contributed by atoms with Crippen LogP contribution in [-0.2, 0) is 0 Å². The summed E-state index contributed by atoms with van der Waals surface area (Å²) in [4.78, 5) is 0. The minimum Gasteiger partial charge on any atom is -0.391 e. The van der Waals surface area contributed by atoms with E-state index in [9.17, 15) is 5.11 Å². The van der Waals surface area contributed by atoms with E-state index in [4.69, 9.17) is 5.73 Å². The van der Waals surface area contributed by atoms with Gasteiger partial charge in [0, 0.05) is 0 Å². The van der Waals surface area contributed by atoms with Crippen LogP contribution in [0, 0.1) is 5.92 Å². The van der Waals surface area contributed by atoms with Crippen LogP contribution < -0.4 is 5.73 Å². The SMILES string of the molecule is CC(C)c1ccc([C@H](N)[C@H](O)C(C)C)cc1. The second-order valence-electron chi connectivity index (χ2n) is 5.08. The predicted molar refractivity (Wildman–Crippen MR) is 68.3 cm³/mol. The molecule has 90 valence electrons. The summed E-state index contributed by atoms with van der Waals surface area (Å²) in [5.41, 5.74) is 8.32. The molecule has 1 aromatic rings. The Balaban J connectivity index is 2.81. The lowest BCUT2D eigenvalue weighted by atomic mass is 9.92. The predicted octanol–water partition coefficient (Wildman–Crippen LogP) is 2.83.